The van der Waals surface area contributed by atoms with Gasteiger partial charge in [0, 0.05) is 51.9 Å². The van der Waals surface area contributed by atoms with Crippen molar-refractivity contribution in [1.82, 2.24) is 25.1 Å². The second-order valence-electron chi connectivity index (χ2n) is 7.57. The van der Waals surface area contributed by atoms with Crippen molar-refractivity contribution >= 4 is 11.8 Å². The van der Waals surface area contributed by atoms with Crippen LogP contribution in [0.2, 0.25) is 0 Å². The van der Waals surface area contributed by atoms with E-state index in [1.54, 1.807) is 11.1 Å². The summed E-state index contributed by atoms with van der Waals surface area (Å²) in [4.78, 5) is 37.3. The molecule has 0 spiro atoms. The van der Waals surface area contributed by atoms with Gasteiger partial charge in [0.15, 0.2) is 0 Å². The fourth-order valence-electron chi connectivity index (χ4n) is 2.90. The first-order valence-electron chi connectivity index (χ1n) is 10.1. The minimum absolute atomic E-state index is 0.0365. The van der Waals surface area contributed by atoms with Crippen LogP contribution in [0.25, 0.3) is 0 Å². The van der Waals surface area contributed by atoms with Crippen molar-refractivity contribution in [1.29, 1.82) is 0 Å². The largest absolute Gasteiger partial charge is 0.379 e. The maximum Gasteiger partial charge on any atom is 0.274 e. The number of carbonyl (C=O) groups is 2. The van der Waals surface area contributed by atoms with Crippen molar-refractivity contribution in [3.8, 4) is 0 Å². The van der Waals surface area contributed by atoms with Crippen LogP contribution in [0.3, 0.4) is 0 Å². The first-order chi connectivity index (χ1) is 13.5. The fraction of sp³-hybridized carbons (Fsp3) is 0.700. The number of hydrogen-bond acceptors (Lipinski definition) is 6. The number of ether oxygens (including phenoxy) is 1. The summed E-state index contributed by atoms with van der Waals surface area (Å²) in [6.45, 7) is 11.8. The van der Waals surface area contributed by atoms with E-state index in [9.17, 15) is 9.59 Å². The van der Waals surface area contributed by atoms with E-state index in [-0.39, 0.29) is 18.2 Å². The highest BCUT2D eigenvalue weighted by Gasteiger charge is 2.19. The summed E-state index contributed by atoms with van der Waals surface area (Å²) in [6, 6.07) is 0. The predicted molar refractivity (Wildman–Crippen MR) is 107 cm³/mol. The molecule has 1 aliphatic heterocycles. The SMILES string of the molecule is Cc1cnc(C(=O)N(CCC(=O)NCCN2CCOCC2)CCC(C)C)cn1. The molecule has 2 heterocycles. The lowest BCUT2D eigenvalue weighted by Gasteiger charge is -2.26. The Morgan fingerprint density at radius 3 is 2.61 bits per heavy atom. The number of nitrogens with zero attached hydrogens (tertiary/aromatic N) is 4. The van der Waals surface area contributed by atoms with Gasteiger partial charge in [0.25, 0.3) is 5.91 Å². The van der Waals surface area contributed by atoms with Crippen LogP contribution in [0.4, 0.5) is 0 Å². The van der Waals surface area contributed by atoms with Crippen molar-refractivity contribution in [2.45, 2.75) is 33.6 Å². The van der Waals surface area contributed by atoms with Gasteiger partial charge in [-0.2, -0.15) is 0 Å². The molecule has 1 aromatic heterocycles. The molecule has 1 aliphatic rings. The summed E-state index contributed by atoms with van der Waals surface area (Å²) in [6.07, 6.45) is 4.25. The molecule has 28 heavy (non-hydrogen) atoms. The zero-order valence-electron chi connectivity index (χ0n) is 17.3. The molecule has 0 atom stereocenters. The molecule has 0 unspecified atom stereocenters. The first kappa shape index (κ1) is 22.2. The van der Waals surface area contributed by atoms with Gasteiger partial charge in [-0.1, -0.05) is 13.8 Å². The quantitative estimate of drug-likeness (QED) is 0.643. The Bertz CT molecular complexity index is 615. The molecule has 0 radical (unpaired) electrons. The number of carbonyl (C=O) groups excluding carboxylic acids is 2. The summed E-state index contributed by atoms with van der Waals surface area (Å²) in [5.41, 5.74) is 1.09. The number of hydrogen-bond donors (Lipinski definition) is 1. The van der Waals surface area contributed by atoms with Crippen molar-refractivity contribution in [2.24, 2.45) is 5.92 Å². The Balaban J connectivity index is 1.80. The zero-order valence-corrected chi connectivity index (χ0v) is 17.3. The van der Waals surface area contributed by atoms with Gasteiger partial charge in [-0.3, -0.25) is 19.5 Å². The van der Waals surface area contributed by atoms with E-state index < -0.39 is 0 Å². The van der Waals surface area contributed by atoms with Crippen molar-refractivity contribution in [2.75, 3.05) is 52.5 Å². The third-order valence-electron chi connectivity index (χ3n) is 4.73. The van der Waals surface area contributed by atoms with Crippen molar-refractivity contribution in [3.05, 3.63) is 23.8 Å². The highest BCUT2D eigenvalue weighted by atomic mass is 16.5. The number of aryl methyl sites for hydroxylation is 1. The van der Waals surface area contributed by atoms with Crippen LogP contribution in [0.15, 0.2) is 12.4 Å². The monoisotopic (exact) mass is 391 g/mol. The van der Waals surface area contributed by atoms with Crippen LogP contribution >= 0.6 is 0 Å². The summed E-state index contributed by atoms with van der Waals surface area (Å²) in [7, 11) is 0. The Morgan fingerprint density at radius 2 is 1.96 bits per heavy atom. The van der Waals surface area contributed by atoms with Crippen LogP contribution < -0.4 is 5.32 Å². The highest BCUT2D eigenvalue weighted by Crippen LogP contribution is 2.07. The van der Waals surface area contributed by atoms with E-state index in [1.165, 1.54) is 6.20 Å². The van der Waals surface area contributed by atoms with Gasteiger partial charge in [0.1, 0.15) is 5.69 Å². The maximum atomic E-state index is 12.8. The summed E-state index contributed by atoms with van der Waals surface area (Å²) in [5.74, 6) is 0.265. The van der Waals surface area contributed by atoms with Gasteiger partial charge in [-0.15, -0.1) is 0 Å². The summed E-state index contributed by atoms with van der Waals surface area (Å²) < 4.78 is 5.32. The Kier molecular flexibility index (Phi) is 9.30. The van der Waals surface area contributed by atoms with E-state index in [4.69, 9.17) is 4.74 Å². The average Bonchev–Trinajstić information content (AvgIpc) is 2.69. The smallest absolute Gasteiger partial charge is 0.274 e. The molecule has 2 rings (SSSR count). The lowest BCUT2D eigenvalue weighted by molar-refractivity contribution is -0.121. The summed E-state index contributed by atoms with van der Waals surface area (Å²) >= 11 is 0. The Hall–Kier alpha value is -2.06. The number of nitrogens with one attached hydrogen (secondary N) is 1. The maximum absolute atomic E-state index is 12.8. The molecule has 1 N–H and O–H groups in total. The second-order valence-corrected chi connectivity index (χ2v) is 7.57. The minimum atomic E-state index is -0.172. The average molecular weight is 392 g/mol. The fourth-order valence-corrected chi connectivity index (χ4v) is 2.90. The molecule has 156 valence electrons. The van der Waals surface area contributed by atoms with E-state index in [2.05, 4.69) is 34.0 Å². The first-order valence-corrected chi connectivity index (χ1v) is 10.1. The summed E-state index contributed by atoms with van der Waals surface area (Å²) in [5, 5.41) is 2.95. The Labute approximate surface area is 167 Å². The van der Waals surface area contributed by atoms with Crippen molar-refractivity contribution in [3.63, 3.8) is 0 Å². The predicted octanol–water partition coefficient (Wildman–Crippen LogP) is 1.11. The molecule has 0 aliphatic carbocycles. The number of aromatic nitrogens is 2. The van der Waals surface area contributed by atoms with E-state index in [1.807, 2.05) is 6.92 Å². The van der Waals surface area contributed by atoms with Gasteiger partial charge < -0.3 is 15.0 Å². The molecule has 8 heteroatoms. The molecule has 1 saturated heterocycles. The molecule has 8 nitrogen and oxygen atoms in total. The minimum Gasteiger partial charge on any atom is -0.379 e. The molecular weight excluding hydrogens is 358 g/mol. The number of amides is 2. The van der Waals surface area contributed by atoms with Crippen LogP contribution in [0.5, 0.6) is 0 Å². The molecule has 1 fully saturated rings. The third kappa shape index (κ3) is 7.90. The molecule has 0 saturated carbocycles. The van der Waals surface area contributed by atoms with Gasteiger partial charge in [0.2, 0.25) is 5.91 Å². The third-order valence-corrected chi connectivity index (χ3v) is 4.73. The van der Waals surface area contributed by atoms with Gasteiger partial charge in [0.05, 0.1) is 25.1 Å². The van der Waals surface area contributed by atoms with Crippen LogP contribution in [0, 0.1) is 12.8 Å². The highest BCUT2D eigenvalue weighted by molar-refractivity contribution is 5.92. The van der Waals surface area contributed by atoms with Crippen LogP contribution in [-0.2, 0) is 9.53 Å². The molecule has 0 aromatic carbocycles. The molecular formula is C20H33N5O3. The van der Waals surface area contributed by atoms with Crippen LogP contribution in [0.1, 0.15) is 42.9 Å². The lowest BCUT2D eigenvalue weighted by Crippen LogP contribution is -2.42. The standard InChI is InChI=1S/C20H33N5O3/c1-16(2)4-7-25(20(27)18-15-22-17(3)14-23-18)8-5-19(26)21-6-9-24-10-12-28-13-11-24/h14-16H,4-13H2,1-3H3,(H,21,26). The second kappa shape index (κ2) is 11.7. The Morgan fingerprint density at radius 1 is 1.21 bits per heavy atom. The van der Waals surface area contributed by atoms with Gasteiger partial charge >= 0.3 is 0 Å². The van der Waals surface area contributed by atoms with Gasteiger partial charge in [-0.25, -0.2) is 4.98 Å². The molecule has 1 aromatic rings. The topological polar surface area (TPSA) is 87.7 Å². The number of morpholine rings is 1. The van der Waals surface area contributed by atoms with E-state index >= 15 is 0 Å². The van der Waals surface area contributed by atoms with Gasteiger partial charge in [-0.05, 0) is 19.3 Å². The zero-order chi connectivity index (χ0) is 20.4. The lowest BCUT2D eigenvalue weighted by atomic mass is 10.1. The van der Waals surface area contributed by atoms with Crippen LogP contribution in [-0.4, -0.2) is 84.1 Å². The number of rotatable bonds is 10. The van der Waals surface area contributed by atoms with Crippen molar-refractivity contribution < 1.29 is 14.3 Å². The van der Waals surface area contributed by atoms with E-state index in [0.717, 1.165) is 45.0 Å². The normalized spacial score (nSPS) is 14.9. The molecule has 2 amide bonds. The van der Waals surface area contributed by atoms with E-state index in [0.29, 0.717) is 31.2 Å². The molecule has 0 bridgehead atoms.